The van der Waals surface area contributed by atoms with E-state index in [1.807, 2.05) is 36.1 Å². The quantitative estimate of drug-likeness (QED) is 0.733. The Morgan fingerprint density at radius 1 is 1.25 bits per heavy atom. The molecule has 1 N–H and O–H groups in total. The van der Waals surface area contributed by atoms with Gasteiger partial charge in [0.2, 0.25) is 0 Å². The average molecular weight is 402 g/mol. The van der Waals surface area contributed by atoms with Crippen LogP contribution in [0.2, 0.25) is 0 Å². The molecule has 8 heteroatoms. The number of hydrogen-bond donors (Lipinski definition) is 1. The van der Waals surface area contributed by atoms with Crippen molar-refractivity contribution in [1.29, 1.82) is 0 Å². The summed E-state index contributed by atoms with van der Waals surface area (Å²) in [6.45, 7) is 3.80. The van der Waals surface area contributed by atoms with Crippen molar-refractivity contribution in [1.82, 2.24) is 25.0 Å². The number of aryl methyl sites for hydroxylation is 1. The SMILES string of the molecule is Cc1cc(-n2cncn2)ccc1C(=O)N1CCNCC1c1cccc(F)c1.Cl. The fourth-order valence-corrected chi connectivity index (χ4v) is 3.49. The first-order valence-electron chi connectivity index (χ1n) is 8.86. The van der Waals surface area contributed by atoms with E-state index in [2.05, 4.69) is 15.4 Å². The molecule has 2 heterocycles. The Bertz CT molecular complexity index is 963. The summed E-state index contributed by atoms with van der Waals surface area (Å²) in [6, 6.07) is 11.9. The maximum atomic E-state index is 13.7. The number of piperazine rings is 1. The Morgan fingerprint density at radius 3 is 2.82 bits per heavy atom. The summed E-state index contributed by atoms with van der Waals surface area (Å²) in [4.78, 5) is 19.0. The first kappa shape index (κ1) is 20.0. The van der Waals surface area contributed by atoms with E-state index in [4.69, 9.17) is 0 Å². The average Bonchev–Trinajstić information content (AvgIpc) is 3.22. The first-order chi connectivity index (χ1) is 13.1. The molecule has 0 aliphatic carbocycles. The highest BCUT2D eigenvalue weighted by atomic mass is 35.5. The van der Waals surface area contributed by atoms with Crippen molar-refractivity contribution >= 4 is 18.3 Å². The molecule has 0 bridgehead atoms. The van der Waals surface area contributed by atoms with Crippen LogP contribution >= 0.6 is 12.4 Å². The number of benzene rings is 2. The maximum absolute atomic E-state index is 13.7. The molecule has 2 aromatic carbocycles. The number of nitrogens with zero attached hydrogens (tertiary/aromatic N) is 4. The van der Waals surface area contributed by atoms with Crippen LogP contribution in [-0.4, -0.2) is 45.2 Å². The topological polar surface area (TPSA) is 63.1 Å². The lowest BCUT2D eigenvalue weighted by atomic mass is 10.00. The fourth-order valence-electron chi connectivity index (χ4n) is 3.49. The highest BCUT2D eigenvalue weighted by Gasteiger charge is 2.29. The number of halogens is 2. The van der Waals surface area contributed by atoms with Crippen molar-refractivity contribution in [3.8, 4) is 5.69 Å². The summed E-state index contributed by atoms with van der Waals surface area (Å²) >= 11 is 0. The second kappa shape index (κ2) is 8.50. The van der Waals surface area contributed by atoms with Crippen molar-refractivity contribution in [3.05, 3.63) is 77.6 Å². The smallest absolute Gasteiger partial charge is 0.254 e. The third-order valence-corrected chi connectivity index (χ3v) is 4.86. The van der Waals surface area contributed by atoms with E-state index >= 15 is 0 Å². The highest BCUT2D eigenvalue weighted by molar-refractivity contribution is 5.96. The fraction of sp³-hybridized carbons (Fsp3) is 0.250. The summed E-state index contributed by atoms with van der Waals surface area (Å²) in [5.74, 6) is -0.341. The minimum absolute atomic E-state index is 0. The Morgan fingerprint density at radius 2 is 2.11 bits per heavy atom. The summed E-state index contributed by atoms with van der Waals surface area (Å²) < 4.78 is 15.3. The molecule has 146 valence electrons. The summed E-state index contributed by atoms with van der Waals surface area (Å²) in [6.07, 6.45) is 3.09. The summed E-state index contributed by atoms with van der Waals surface area (Å²) in [5, 5.41) is 7.41. The van der Waals surface area contributed by atoms with Crippen LogP contribution in [0.3, 0.4) is 0 Å². The lowest BCUT2D eigenvalue weighted by Crippen LogP contribution is -2.48. The molecule has 1 aromatic heterocycles. The third-order valence-electron chi connectivity index (χ3n) is 4.86. The molecule has 6 nitrogen and oxygen atoms in total. The molecule has 28 heavy (non-hydrogen) atoms. The minimum Gasteiger partial charge on any atom is -0.329 e. The number of aromatic nitrogens is 3. The molecule has 1 atom stereocenters. The number of hydrogen-bond acceptors (Lipinski definition) is 4. The van der Waals surface area contributed by atoms with Crippen LogP contribution in [0.25, 0.3) is 5.69 Å². The number of rotatable bonds is 3. The first-order valence-corrected chi connectivity index (χ1v) is 8.86. The van der Waals surface area contributed by atoms with Crippen LogP contribution in [0.5, 0.6) is 0 Å². The van der Waals surface area contributed by atoms with Gasteiger partial charge in [-0.15, -0.1) is 12.4 Å². The van der Waals surface area contributed by atoms with Crippen LogP contribution in [0.4, 0.5) is 4.39 Å². The lowest BCUT2D eigenvalue weighted by Gasteiger charge is -2.37. The molecule has 1 amide bonds. The second-order valence-electron chi connectivity index (χ2n) is 6.61. The van der Waals surface area contributed by atoms with Crippen molar-refractivity contribution in [2.45, 2.75) is 13.0 Å². The van der Waals surface area contributed by atoms with Crippen LogP contribution in [0.15, 0.2) is 55.1 Å². The molecule has 3 aromatic rings. The number of carbonyl (C=O) groups is 1. The van der Waals surface area contributed by atoms with E-state index in [-0.39, 0.29) is 30.2 Å². The van der Waals surface area contributed by atoms with Gasteiger partial charge in [-0.05, 0) is 48.4 Å². The minimum atomic E-state index is -0.293. The van der Waals surface area contributed by atoms with Gasteiger partial charge < -0.3 is 10.2 Å². The number of carbonyl (C=O) groups excluding carboxylic acids is 1. The molecule has 0 saturated carbocycles. The molecule has 1 aliphatic heterocycles. The van der Waals surface area contributed by atoms with Crippen molar-refractivity contribution in [2.24, 2.45) is 0 Å². The molecular weight excluding hydrogens is 381 g/mol. The van der Waals surface area contributed by atoms with Crippen molar-refractivity contribution in [3.63, 3.8) is 0 Å². The standard InChI is InChI=1S/C20H20FN5O.ClH/c1-14-9-17(26-13-23-12-24-26)5-6-18(14)20(27)25-8-7-22-11-19(25)15-3-2-4-16(21)10-15;/h2-6,9-10,12-13,19,22H,7-8,11H2,1H3;1H. The van der Waals surface area contributed by atoms with Gasteiger partial charge in [0.1, 0.15) is 18.5 Å². The van der Waals surface area contributed by atoms with Gasteiger partial charge in [0.15, 0.2) is 0 Å². The molecule has 1 saturated heterocycles. The molecule has 4 rings (SSSR count). The summed E-state index contributed by atoms with van der Waals surface area (Å²) in [7, 11) is 0. The van der Waals surface area contributed by atoms with E-state index in [0.717, 1.165) is 16.8 Å². The van der Waals surface area contributed by atoms with Crippen LogP contribution in [0.1, 0.15) is 27.5 Å². The lowest BCUT2D eigenvalue weighted by molar-refractivity contribution is 0.0633. The van der Waals surface area contributed by atoms with Crippen LogP contribution in [0, 0.1) is 12.7 Å². The Labute approximate surface area is 168 Å². The predicted octanol–water partition coefficient (Wildman–Crippen LogP) is 2.92. The Kier molecular flexibility index (Phi) is 6.06. The number of amides is 1. The maximum Gasteiger partial charge on any atom is 0.254 e. The Balaban J connectivity index is 0.00000225. The van der Waals surface area contributed by atoms with Gasteiger partial charge in [0.25, 0.3) is 5.91 Å². The van der Waals surface area contributed by atoms with Gasteiger partial charge in [0, 0.05) is 25.2 Å². The monoisotopic (exact) mass is 401 g/mol. The van der Waals surface area contributed by atoms with E-state index < -0.39 is 0 Å². The van der Waals surface area contributed by atoms with Gasteiger partial charge in [-0.25, -0.2) is 14.1 Å². The molecule has 1 unspecified atom stereocenters. The van der Waals surface area contributed by atoms with Gasteiger partial charge >= 0.3 is 0 Å². The zero-order chi connectivity index (χ0) is 18.8. The highest BCUT2D eigenvalue weighted by Crippen LogP contribution is 2.26. The molecule has 0 radical (unpaired) electrons. The van der Waals surface area contributed by atoms with Gasteiger partial charge in [-0.3, -0.25) is 4.79 Å². The normalized spacial score (nSPS) is 16.5. The van der Waals surface area contributed by atoms with E-state index in [0.29, 0.717) is 25.2 Å². The van der Waals surface area contributed by atoms with E-state index in [9.17, 15) is 9.18 Å². The van der Waals surface area contributed by atoms with Crippen LogP contribution < -0.4 is 5.32 Å². The van der Waals surface area contributed by atoms with Crippen LogP contribution in [-0.2, 0) is 0 Å². The predicted molar refractivity (Wildman–Crippen MR) is 106 cm³/mol. The van der Waals surface area contributed by atoms with Gasteiger partial charge in [0.05, 0.1) is 11.7 Å². The zero-order valence-electron chi connectivity index (χ0n) is 15.4. The van der Waals surface area contributed by atoms with Crippen molar-refractivity contribution < 1.29 is 9.18 Å². The molecular formula is C20H21ClFN5O. The molecule has 0 spiro atoms. The summed E-state index contributed by atoms with van der Waals surface area (Å²) in [5.41, 5.74) is 3.16. The molecule has 1 fully saturated rings. The second-order valence-corrected chi connectivity index (χ2v) is 6.61. The van der Waals surface area contributed by atoms with Crippen molar-refractivity contribution in [2.75, 3.05) is 19.6 Å². The van der Waals surface area contributed by atoms with Gasteiger partial charge in [-0.2, -0.15) is 5.10 Å². The number of nitrogens with one attached hydrogen (secondary N) is 1. The largest absolute Gasteiger partial charge is 0.329 e. The Hall–Kier alpha value is -2.77. The van der Waals surface area contributed by atoms with E-state index in [1.165, 1.54) is 18.5 Å². The van der Waals surface area contributed by atoms with Gasteiger partial charge in [-0.1, -0.05) is 12.1 Å². The third kappa shape index (κ3) is 3.90. The molecule has 1 aliphatic rings. The van der Waals surface area contributed by atoms with E-state index in [1.54, 1.807) is 17.1 Å². The zero-order valence-corrected chi connectivity index (χ0v) is 16.2.